The van der Waals surface area contributed by atoms with Gasteiger partial charge < -0.3 is 15.1 Å². The molecule has 23 heavy (non-hydrogen) atoms. The van der Waals surface area contributed by atoms with Gasteiger partial charge in [-0.25, -0.2) is 13.2 Å². The van der Waals surface area contributed by atoms with Gasteiger partial charge in [-0.15, -0.1) is 0 Å². The molecule has 0 bridgehead atoms. The standard InChI is InChI=1S/C16H23N3O3S/c20-16(17-12-14-6-11-23(21,22)13-14)19-9-7-18(8-10-19)15-4-2-1-3-5-15/h1-5,14H,6-13H2,(H,17,20)/t14-/m0/s1. The summed E-state index contributed by atoms with van der Waals surface area (Å²) < 4.78 is 22.9. The minimum absolute atomic E-state index is 0.0644. The summed E-state index contributed by atoms with van der Waals surface area (Å²) in [5.41, 5.74) is 1.18. The first kappa shape index (κ1) is 16.1. The molecule has 7 heteroatoms. The Morgan fingerprint density at radius 2 is 1.83 bits per heavy atom. The lowest BCUT2D eigenvalue weighted by atomic mass is 10.1. The number of para-hydroxylation sites is 1. The third kappa shape index (κ3) is 4.16. The van der Waals surface area contributed by atoms with Crippen molar-refractivity contribution in [2.24, 2.45) is 5.92 Å². The van der Waals surface area contributed by atoms with Crippen LogP contribution in [0, 0.1) is 5.92 Å². The van der Waals surface area contributed by atoms with Crippen molar-refractivity contribution in [3.63, 3.8) is 0 Å². The second-order valence-corrected chi connectivity index (χ2v) is 8.49. The minimum Gasteiger partial charge on any atom is -0.368 e. The number of hydrogen-bond acceptors (Lipinski definition) is 4. The second kappa shape index (κ2) is 6.78. The van der Waals surface area contributed by atoms with Crippen molar-refractivity contribution in [3.8, 4) is 0 Å². The molecule has 0 aliphatic carbocycles. The van der Waals surface area contributed by atoms with Gasteiger partial charge in [0.15, 0.2) is 9.84 Å². The molecule has 0 spiro atoms. The van der Waals surface area contributed by atoms with Crippen LogP contribution < -0.4 is 10.2 Å². The van der Waals surface area contributed by atoms with E-state index in [9.17, 15) is 13.2 Å². The SMILES string of the molecule is O=C(NC[C@@H]1CCS(=O)(=O)C1)N1CCN(c2ccccc2)CC1. The first-order valence-electron chi connectivity index (χ1n) is 8.07. The fraction of sp³-hybridized carbons (Fsp3) is 0.562. The normalized spacial score (nSPS) is 23.7. The predicted molar refractivity (Wildman–Crippen MR) is 90.4 cm³/mol. The lowest BCUT2D eigenvalue weighted by molar-refractivity contribution is 0.193. The number of benzene rings is 1. The number of nitrogens with zero attached hydrogens (tertiary/aromatic N) is 2. The highest BCUT2D eigenvalue weighted by Crippen LogP contribution is 2.18. The number of urea groups is 1. The molecule has 2 amide bonds. The van der Waals surface area contributed by atoms with Gasteiger partial charge in [-0.3, -0.25) is 0 Å². The van der Waals surface area contributed by atoms with Crippen LogP contribution in [0.4, 0.5) is 10.5 Å². The third-order valence-electron chi connectivity index (χ3n) is 4.56. The quantitative estimate of drug-likeness (QED) is 0.892. The van der Waals surface area contributed by atoms with E-state index >= 15 is 0 Å². The van der Waals surface area contributed by atoms with E-state index in [4.69, 9.17) is 0 Å². The van der Waals surface area contributed by atoms with E-state index in [0.717, 1.165) is 13.1 Å². The molecule has 2 aliphatic heterocycles. The smallest absolute Gasteiger partial charge is 0.317 e. The van der Waals surface area contributed by atoms with Gasteiger partial charge in [0.25, 0.3) is 0 Å². The Morgan fingerprint density at radius 3 is 2.43 bits per heavy atom. The summed E-state index contributed by atoms with van der Waals surface area (Å²) in [6.07, 6.45) is 0.657. The molecule has 1 aromatic carbocycles. The molecule has 6 nitrogen and oxygen atoms in total. The Bertz CT molecular complexity index is 640. The molecule has 2 saturated heterocycles. The van der Waals surface area contributed by atoms with E-state index in [1.165, 1.54) is 5.69 Å². The number of nitrogens with one attached hydrogen (secondary N) is 1. The Labute approximate surface area is 137 Å². The van der Waals surface area contributed by atoms with Crippen LogP contribution in [-0.2, 0) is 9.84 Å². The summed E-state index contributed by atoms with van der Waals surface area (Å²) in [4.78, 5) is 16.3. The Kier molecular flexibility index (Phi) is 4.75. The van der Waals surface area contributed by atoms with Gasteiger partial charge in [-0.05, 0) is 24.5 Å². The molecule has 1 aromatic rings. The molecule has 1 N–H and O–H groups in total. The zero-order valence-electron chi connectivity index (χ0n) is 13.1. The van der Waals surface area contributed by atoms with E-state index in [-0.39, 0.29) is 23.5 Å². The van der Waals surface area contributed by atoms with E-state index < -0.39 is 9.84 Å². The summed E-state index contributed by atoms with van der Waals surface area (Å²) in [6, 6.07) is 10.1. The summed E-state index contributed by atoms with van der Waals surface area (Å²) in [5.74, 6) is 0.521. The van der Waals surface area contributed by atoms with E-state index in [1.54, 1.807) is 0 Å². The number of sulfone groups is 1. The zero-order chi connectivity index (χ0) is 16.3. The summed E-state index contributed by atoms with van der Waals surface area (Å²) in [7, 11) is -2.88. The molecule has 2 fully saturated rings. The van der Waals surface area contributed by atoms with Crippen LogP contribution in [0.25, 0.3) is 0 Å². The first-order chi connectivity index (χ1) is 11.0. The number of amides is 2. The van der Waals surface area contributed by atoms with Crippen LogP contribution in [0.3, 0.4) is 0 Å². The summed E-state index contributed by atoms with van der Waals surface area (Å²) >= 11 is 0. The van der Waals surface area contributed by atoms with Crippen molar-refractivity contribution in [2.45, 2.75) is 6.42 Å². The molecule has 0 unspecified atom stereocenters. The van der Waals surface area contributed by atoms with Crippen LogP contribution >= 0.6 is 0 Å². The maximum Gasteiger partial charge on any atom is 0.317 e. The molecule has 3 rings (SSSR count). The van der Waals surface area contributed by atoms with Crippen molar-refractivity contribution in [2.75, 3.05) is 49.1 Å². The number of carbonyl (C=O) groups is 1. The number of rotatable bonds is 3. The minimum atomic E-state index is -2.88. The van der Waals surface area contributed by atoms with Gasteiger partial charge in [-0.2, -0.15) is 0 Å². The predicted octanol–water partition coefficient (Wildman–Crippen LogP) is 0.953. The average Bonchev–Trinajstić information content (AvgIpc) is 2.93. The van der Waals surface area contributed by atoms with E-state index in [2.05, 4.69) is 22.3 Å². The number of piperazine rings is 1. The number of carbonyl (C=O) groups excluding carboxylic acids is 1. The fourth-order valence-corrected chi connectivity index (χ4v) is 5.04. The van der Waals surface area contributed by atoms with Crippen LogP contribution in [0.15, 0.2) is 30.3 Å². The van der Waals surface area contributed by atoms with Gasteiger partial charge in [-0.1, -0.05) is 18.2 Å². The van der Waals surface area contributed by atoms with Crippen molar-refractivity contribution in [3.05, 3.63) is 30.3 Å². The molecule has 1 atom stereocenters. The maximum atomic E-state index is 12.2. The van der Waals surface area contributed by atoms with E-state index in [0.29, 0.717) is 26.1 Å². The molecule has 2 aliphatic rings. The Hall–Kier alpha value is -1.76. The van der Waals surface area contributed by atoms with Gasteiger partial charge in [0, 0.05) is 38.4 Å². The Morgan fingerprint density at radius 1 is 1.13 bits per heavy atom. The van der Waals surface area contributed by atoms with Gasteiger partial charge in [0.2, 0.25) is 0 Å². The zero-order valence-corrected chi connectivity index (χ0v) is 14.0. The molecular formula is C16H23N3O3S. The van der Waals surface area contributed by atoms with Crippen LogP contribution in [0.5, 0.6) is 0 Å². The van der Waals surface area contributed by atoms with Crippen LogP contribution in [0.1, 0.15) is 6.42 Å². The average molecular weight is 337 g/mol. The topological polar surface area (TPSA) is 69.7 Å². The molecule has 0 radical (unpaired) electrons. The number of hydrogen-bond donors (Lipinski definition) is 1. The van der Waals surface area contributed by atoms with E-state index in [1.807, 2.05) is 23.1 Å². The first-order valence-corrected chi connectivity index (χ1v) is 9.89. The second-order valence-electron chi connectivity index (χ2n) is 6.26. The summed E-state index contributed by atoms with van der Waals surface area (Å²) in [5, 5.41) is 2.89. The van der Waals surface area contributed by atoms with Gasteiger partial charge in [0.05, 0.1) is 11.5 Å². The van der Waals surface area contributed by atoms with Crippen LogP contribution in [0.2, 0.25) is 0 Å². The van der Waals surface area contributed by atoms with Gasteiger partial charge in [0.1, 0.15) is 0 Å². The highest BCUT2D eigenvalue weighted by molar-refractivity contribution is 7.91. The lowest BCUT2D eigenvalue weighted by Crippen LogP contribution is -2.52. The molecule has 0 saturated carbocycles. The highest BCUT2D eigenvalue weighted by atomic mass is 32.2. The highest BCUT2D eigenvalue weighted by Gasteiger charge is 2.29. The van der Waals surface area contributed by atoms with Crippen molar-refractivity contribution >= 4 is 21.6 Å². The molecule has 0 aromatic heterocycles. The summed E-state index contributed by atoms with van der Waals surface area (Å²) in [6.45, 7) is 3.45. The molecular weight excluding hydrogens is 314 g/mol. The molecule has 2 heterocycles. The Balaban J connectivity index is 1.43. The molecule has 126 valence electrons. The largest absolute Gasteiger partial charge is 0.368 e. The van der Waals surface area contributed by atoms with Crippen molar-refractivity contribution < 1.29 is 13.2 Å². The van der Waals surface area contributed by atoms with Gasteiger partial charge >= 0.3 is 6.03 Å². The van der Waals surface area contributed by atoms with Crippen molar-refractivity contribution in [1.29, 1.82) is 0 Å². The van der Waals surface area contributed by atoms with Crippen molar-refractivity contribution in [1.82, 2.24) is 10.2 Å². The monoisotopic (exact) mass is 337 g/mol. The number of anilines is 1. The maximum absolute atomic E-state index is 12.2. The lowest BCUT2D eigenvalue weighted by Gasteiger charge is -2.36. The fourth-order valence-electron chi connectivity index (χ4n) is 3.18. The van der Waals surface area contributed by atoms with Crippen LogP contribution in [-0.4, -0.2) is 63.6 Å². The third-order valence-corrected chi connectivity index (χ3v) is 6.39.